The summed E-state index contributed by atoms with van der Waals surface area (Å²) in [6, 6.07) is 0. The minimum atomic E-state index is 0.510. The minimum absolute atomic E-state index is 0.510. The third-order valence-electron chi connectivity index (χ3n) is 3.06. The first kappa shape index (κ1) is 11.4. The van der Waals surface area contributed by atoms with Crippen molar-refractivity contribution in [3.63, 3.8) is 0 Å². The SMILES string of the molecule is CCNCc1nccn1Cc1noc(C2CC2)n1. The Morgan fingerprint density at radius 2 is 2.39 bits per heavy atom. The van der Waals surface area contributed by atoms with E-state index in [1.165, 1.54) is 12.8 Å². The van der Waals surface area contributed by atoms with E-state index < -0.39 is 0 Å². The van der Waals surface area contributed by atoms with Crippen LogP contribution in [0.5, 0.6) is 0 Å². The predicted octanol–water partition coefficient (Wildman–Crippen LogP) is 1.30. The van der Waals surface area contributed by atoms with Crippen LogP contribution in [0.2, 0.25) is 0 Å². The van der Waals surface area contributed by atoms with E-state index in [2.05, 4.69) is 27.4 Å². The van der Waals surface area contributed by atoms with Gasteiger partial charge >= 0.3 is 0 Å². The van der Waals surface area contributed by atoms with Crippen LogP contribution >= 0.6 is 0 Å². The van der Waals surface area contributed by atoms with Gasteiger partial charge in [0.15, 0.2) is 5.82 Å². The van der Waals surface area contributed by atoms with Gasteiger partial charge in [-0.1, -0.05) is 12.1 Å². The second-order valence-corrected chi connectivity index (χ2v) is 4.57. The Bertz CT molecular complexity index is 514. The van der Waals surface area contributed by atoms with E-state index in [4.69, 9.17) is 4.52 Å². The fourth-order valence-corrected chi connectivity index (χ4v) is 1.87. The van der Waals surface area contributed by atoms with Crippen LogP contribution < -0.4 is 5.32 Å². The molecule has 0 bridgehead atoms. The molecule has 0 amide bonds. The molecule has 0 saturated heterocycles. The highest BCUT2D eigenvalue weighted by Gasteiger charge is 2.29. The molecular weight excluding hydrogens is 230 g/mol. The quantitative estimate of drug-likeness (QED) is 0.833. The molecule has 3 rings (SSSR count). The van der Waals surface area contributed by atoms with Gasteiger partial charge in [0.2, 0.25) is 5.89 Å². The van der Waals surface area contributed by atoms with Crippen molar-refractivity contribution in [1.29, 1.82) is 0 Å². The number of hydrogen-bond donors (Lipinski definition) is 1. The first-order valence-corrected chi connectivity index (χ1v) is 6.40. The second kappa shape index (κ2) is 4.89. The lowest BCUT2D eigenvalue weighted by Gasteiger charge is -2.05. The smallest absolute Gasteiger partial charge is 0.229 e. The highest BCUT2D eigenvalue weighted by molar-refractivity contribution is 5.03. The van der Waals surface area contributed by atoms with Crippen molar-refractivity contribution in [3.8, 4) is 0 Å². The molecule has 0 spiro atoms. The summed E-state index contributed by atoms with van der Waals surface area (Å²) < 4.78 is 7.29. The van der Waals surface area contributed by atoms with Crippen LogP contribution in [0.4, 0.5) is 0 Å². The topological polar surface area (TPSA) is 68.8 Å². The van der Waals surface area contributed by atoms with E-state index in [-0.39, 0.29) is 0 Å². The number of hydrogen-bond acceptors (Lipinski definition) is 5. The monoisotopic (exact) mass is 247 g/mol. The summed E-state index contributed by atoms with van der Waals surface area (Å²) in [5.41, 5.74) is 0. The molecule has 0 unspecified atom stereocenters. The molecule has 2 aromatic heterocycles. The van der Waals surface area contributed by atoms with Gasteiger partial charge in [-0.05, 0) is 19.4 Å². The van der Waals surface area contributed by atoms with Gasteiger partial charge in [0, 0.05) is 18.3 Å². The average Bonchev–Trinajstić information content (AvgIpc) is 2.97. The summed E-state index contributed by atoms with van der Waals surface area (Å²) in [6.07, 6.45) is 6.10. The van der Waals surface area contributed by atoms with Gasteiger partial charge in [0.1, 0.15) is 5.82 Å². The molecule has 0 radical (unpaired) electrons. The van der Waals surface area contributed by atoms with Crippen molar-refractivity contribution in [2.45, 2.75) is 38.8 Å². The summed E-state index contributed by atoms with van der Waals surface area (Å²) in [7, 11) is 0. The van der Waals surface area contributed by atoms with Crippen molar-refractivity contribution < 1.29 is 4.52 Å². The summed E-state index contributed by atoms with van der Waals surface area (Å²) in [5.74, 6) is 3.02. The molecule has 0 aliphatic heterocycles. The zero-order chi connectivity index (χ0) is 12.4. The van der Waals surface area contributed by atoms with Gasteiger partial charge in [-0.15, -0.1) is 0 Å². The first-order chi connectivity index (χ1) is 8.86. The zero-order valence-electron chi connectivity index (χ0n) is 10.5. The highest BCUT2D eigenvalue weighted by Crippen LogP contribution is 2.38. The molecule has 0 aromatic carbocycles. The van der Waals surface area contributed by atoms with Crippen LogP contribution in [-0.2, 0) is 13.1 Å². The Kier molecular flexibility index (Phi) is 3.10. The number of nitrogens with one attached hydrogen (secondary N) is 1. The molecule has 6 heteroatoms. The van der Waals surface area contributed by atoms with Gasteiger partial charge in [-0.2, -0.15) is 4.98 Å². The molecule has 6 nitrogen and oxygen atoms in total. The summed E-state index contributed by atoms with van der Waals surface area (Å²) >= 11 is 0. The molecule has 18 heavy (non-hydrogen) atoms. The second-order valence-electron chi connectivity index (χ2n) is 4.57. The lowest BCUT2D eigenvalue weighted by molar-refractivity contribution is 0.372. The highest BCUT2D eigenvalue weighted by atomic mass is 16.5. The van der Waals surface area contributed by atoms with Crippen molar-refractivity contribution in [2.75, 3.05) is 6.54 Å². The Morgan fingerprint density at radius 3 is 3.17 bits per heavy atom. The number of nitrogens with zero attached hydrogens (tertiary/aromatic N) is 4. The zero-order valence-corrected chi connectivity index (χ0v) is 10.5. The average molecular weight is 247 g/mol. The van der Waals surface area contributed by atoms with Crippen LogP contribution in [0, 0.1) is 0 Å². The van der Waals surface area contributed by atoms with Crippen LogP contribution in [0.1, 0.15) is 43.2 Å². The summed E-state index contributed by atoms with van der Waals surface area (Å²) in [4.78, 5) is 8.74. The van der Waals surface area contributed by atoms with Crippen LogP contribution in [0.25, 0.3) is 0 Å². The van der Waals surface area contributed by atoms with Crippen LogP contribution in [-0.4, -0.2) is 26.2 Å². The Hall–Kier alpha value is -1.69. The molecule has 1 fully saturated rings. The fraction of sp³-hybridized carbons (Fsp3) is 0.583. The van der Waals surface area contributed by atoms with E-state index in [1.807, 2.05) is 10.8 Å². The van der Waals surface area contributed by atoms with E-state index in [1.54, 1.807) is 6.20 Å². The molecule has 1 saturated carbocycles. The number of aromatic nitrogens is 4. The Morgan fingerprint density at radius 1 is 1.50 bits per heavy atom. The first-order valence-electron chi connectivity index (χ1n) is 6.40. The maximum atomic E-state index is 5.25. The van der Waals surface area contributed by atoms with E-state index in [9.17, 15) is 0 Å². The Balaban J connectivity index is 1.68. The van der Waals surface area contributed by atoms with Crippen molar-refractivity contribution in [2.24, 2.45) is 0 Å². The van der Waals surface area contributed by atoms with Gasteiger partial charge in [-0.25, -0.2) is 4.98 Å². The molecule has 96 valence electrons. The van der Waals surface area contributed by atoms with E-state index in [0.717, 1.165) is 30.6 Å². The van der Waals surface area contributed by atoms with Gasteiger partial charge < -0.3 is 14.4 Å². The molecular formula is C12H17N5O. The number of imidazole rings is 1. The van der Waals surface area contributed by atoms with E-state index >= 15 is 0 Å². The normalized spacial score (nSPS) is 15.2. The Labute approximate surface area is 105 Å². The molecule has 2 aromatic rings. The van der Waals surface area contributed by atoms with Gasteiger partial charge in [0.05, 0.1) is 13.1 Å². The lowest BCUT2D eigenvalue weighted by atomic mass is 10.4. The standard InChI is InChI=1S/C12H17N5O/c1-2-13-7-11-14-5-6-17(11)8-10-15-12(18-16-10)9-3-4-9/h5-6,9,13H,2-4,7-8H2,1H3. The van der Waals surface area contributed by atoms with Crippen molar-refractivity contribution in [1.82, 2.24) is 25.0 Å². The minimum Gasteiger partial charge on any atom is -0.339 e. The molecule has 1 aliphatic rings. The number of rotatable bonds is 6. The van der Waals surface area contributed by atoms with E-state index in [0.29, 0.717) is 12.5 Å². The van der Waals surface area contributed by atoms with Gasteiger partial charge in [-0.3, -0.25) is 0 Å². The maximum absolute atomic E-state index is 5.25. The van der Waals surface area contributed by atoms with Crippen molar-refractivity contribution in [3.05, 3.63) is 29.9 Å². The molecule has 1 aliphatic carbocycles. The third-order valence-corrected chi connectivity index (χ3v) is 3.06. The molecule has 1 N–H and O–H groups in total. The fourth-order valence-electron chi connectivity index (χ4n) is 1.87. The van der Waals surface area contributed by atoms with Crippen molar-refractivity contribution >= 4 is 0 Å². The largest absolute Gasteiger partial charge is 0.339 e. The maximum Gasteiger partial charge on any atom is 0.229 e. The van der Waals surface area contributed by atoms with Crippen LogP contribution in [0.15, 0.2) is 16.9 Å². The predicted molar refractivity (Wildman–Crippen MR) is 65.0 cm³/mol. The summed E-state index contributed by atoms with van der Waals surface area (Å²) in [5, 5.41) is 7.28. The van der Waals surface area contributed by atoms with Crippen LogP contribution in [0.3, 0.4) is 0 Å². The van der Waals surface area contributed by atoms with Gasteiger partial charge in [0.25, 0.3) is 0 Å². The summed E-state index contributed by atoms with van der Waals surface area (Å²) in [6.45, 7) is 4.39. The molecule has 2 heterocycles. The molecule has 0 atom stereocenters. The third kappa shape index (κ3) is 2.43. The lowest BCUT2D eigenvalue weighted by Crippen LogP contribution is -2.16.